The minimum Gasteiger partial charge on any atom is -0.273 e. The second kappa shape index (κ2) is 8.14. The highest BCUT2D eigenvalue weighted by Gasteiger charge is 2.60. The van der Waals surface area contributed by atoms with Gasteiger partial charge in [-0.25, -0.2) is 5.43 Å². The third-order valence-electron chi connectivity index (χ3n) is 5.90. The Bertz CT molecular complexity index is 1090. The van der Waals surface area contributed by atoms with Gasteiger partial charge in [0.1, 0.15) is 0 Å². The van der Waals surface area contributed by atoms with E-state index in [0.29, 0.717) is 5.56 Å². The average Bonchev–Trinajstić information content (AvgIpc) is 3.52. The first-order valence-electron chi connectivity index (χ1n) is 10.1. The van der Waals surface area contributed by atoms with Crippen LogP contribution in [-0.2, 0) is 10.2 Å². The summed E-state index contributed by atoms with van der Waals surface area (Å²) in [5, 5.41) is 14.8. The molecule has 1 fully saturated rings. The molecule has 0 heterocycles. The van der Waals surface area contributed by atoms with Crippen molar-refractivity contribution in [3.63, 3.8) is 0 Å². The van der Waals surface area contributed by atoms with Crippen molar-refractivity contribution in [2.75, 3.05) is 0 Å². The number of hydrogen-bond acceptors (Lipinski definition) is 4. The Balaban J connectivity index is 1.52. The van der Waals surface area contributed by atoms with Gasteiger partial charge in [-0.2, -0.15) is 5.10 Å². The topological polar surface area (TPSA) is 84.6 Å². The Morgan fingerprint density at radius 1 is 0.968 bits per heavy atom. The standard InChI is InChI=1S/C25H23N3O3/c1-17-3-9-20(10-4-17)25(21-11-5-18(2)6-12-21)15-23(25)24(29)27-26-16-19-7-13-22(14-8-19)28(30)31/h3-14,16,23H,15H2,1-2H3,(H,27,29)/b26-16-/t23-/m1/s1. The van der Waals surface area contributed by atoms with E-state index in [1.165, 1.54) is 29.5 Å². The molecule has 4 rings (SSSR count). The quantitative estimate of drug-likeness (QED) is 0.362. The van der Waals surface area contributed by atoms with Crippen LogP contribution in [0.25, 0.3) is 0 Å². The third-order valence-corrected chi connectivity index (χ3v) is 5.90. The summed E-state index contributed by atoms with van der Waals surface area (Å²) in [6, 6.07) is 22.7. The number of benzene rings is 3. The number of nitrogens with one attached hydrogen (secondary N) is 1. The molecule has 1 aliphatic carbocycles. The first-order chi connectivity index (χ1) is 14.9. The molecule has 0 radical (unpaired) electrons. The first-order valence-corrected chi connectivity index (χ1v) is 10.1. The minimum atomic E-state index is -0.453. The third kappa shape index (κ3) is 4.10. The van der Waals surface area contributed by atoms with Crippen molar-refractivity contribution in [1.29, 1.82) is 0 Å². The normalized spacial score (nSPS) is 16.8. The van der Waals surface area contributed by atoms with Gasteiger partial charge in [0.05, 0.1) is 17.1 Å². The Hall–Kier alpha value is -3.80. The molecule has 0 aliphatic heterocycles. The molecule has 156 valence electrons. The van der Waals surface area contributed by atoms with Gasteiger partial charge in [-0.1, -0.05) is 59.7 Å². The van der Waals surface area contributed by atoms with Crippen molar-refractivity contribution in [3.05, 3.63) is 111 Å². The highest BCUT2D eigenvalue weighted by Crippen LogP contribution is 2.59. The maximum atomic E-state index is 12.9. The van der Waals surface area contributed by atoms with Crippen LogP contribution in [0, 0.1) is 29.9 Å². The zero-order chi connectivity index (χ0) is 22.0. The molecule has 1 atom stereocenters. The van der Waals surface area contributed by atoms with E-state index in [9.17, 15) is 14.9 Å². The van der Waals surface area contributed by atoms with Crippen molar-refractivity contribution < 1.29 is 9.72 Å². The summed E-state index contributed by atoms with van der Waals surface area (Å²) in [5.41, 5.74) is 7.59. The van der Waals surface area contributed by atoms with E-state index in [0.717, 1.165) is 17.5 Å². The number of hydrazone groups is 1. The SMILES string of the molecule is Cc1ccc(C2(c3ccc(C)cc3)C[C@@H]2C(=O)N/N=C\c2ccc([N+](=O)[O-])cc2)cc1. The van der Waals surface area contributed by atoms with Crippen LogP contribution in [0.15, 0.2) is 77.9 Å². The van der Waals surface area contributed by atoms with Crippen LogP contribution in [0.3, 0.4) is 0 Å². The lowest BCUT2D eigenvalue weighted by atomic mass is 9.85. The summed E-state index contributed by atoms with van der Waals surface area (Å²) in [6.07, 6.45) is 2.21. The number of nitrogens with zero attached hydrogens (tertiary/aromatic N) is 2. The molecule has 6 heteroatoms. The van der Waals surface area contributed by atoms with Crippen molar-refractivity contribution in [2.45, 2.75) is 25.7 Å². The molecular weight excluding hydrogens is 390 g/mol. The Morgan fingerprint density at radius 3 is 1.97 bits per heavy atom. The smallest absolute Gasteiger partial charge is 0.269 e. The molecule has 0 unspecified atom stereocenters. The van der Waals surface area contributed by atoms with Gasteiger partial charge >= 0.3 is 0 Å². The fourth-order valence-electron chi connectivity index (χ4n) is 4.02. The molecule has 1 saturated carbocycles. The first kappa shape index (κ1) is 20.5. The van der Waals surface area contributed by atoms with E-state index in [1.807, 2.05) is 13.8 Å². The van der Waals surface area contributed by atoms with Crippen LogP contribution >= 0.6 is 0 Å². The molecule has 1 aliphatic rings. The minimum absolute atomic E-state index is 0.0140. The maximum absolute atomic E-state index is 12.9. The van der Waals surface area contributed by atoms with Crippen LogP contribution in [-0.4, -0.2) is 17.0 Å². The van der Waals surface area contributed by atoms with E-state index in [1.54, 1.807) is 12.1 Å². The van der Waals surface area contributed by atoms with Crippen molar-refractivity contribution in [1.82, 2.24) is 5.43 Å². The van der Waals surface area contributed by atoms with Crippen molar-refractivity contribution in [2.24, 2.45) is 11.0 Å². The van der Waals surface area contributed by atoms with Gasteiger partial charge in [0.15, 0.2) is 0 Å². The number of nitro groups is 1. The predicted molar refractivity (Wildman–Crippen MR) is 120 cm³/mol. The van der Waals surface area contributed by atoms with E-state index < -0.39 is 4.92 Å². The highest BCUT2D eigenvalue weighted by molar-refractivity contribution is 5.87. The Kier molecular flexibility index (Phi) is 5.38. The number of non-ortho nitro benzene ring substituents is 1. The van der Waals surface area contributed by atoms with Crippen LogP contribution in [0.5, 0.6) is 0 Å². The lowest BCUT2D eigenvalue weighted by Gasteiger charge is -2.19. The molecule has 0 saturated heterocycles. The van der Waals surface area contributed by atoms with Gasteiger partial charge in [-0.3, -0.25) is 14.9 Å². The molecule has 1 amide bonds. The van der Waals surface area contributed by atoms with Crippen LogP contribution in [0.2, 0.25) is 0 Å². The zero-order valence-corrected chi connectivity index (χ0v) is 17.4. The van der Waals surface area contributed by atoms with Gasteiger partial charge in [-0.15, -0.1) is 0 Å². The molecule has 31 heavy (non-hydrogen) atoms. The van der Waals surface area contributed by atoms with Crippen molar-refractivity contribution >= 4 is 17.8 Å². The Morgan fingerprint density at radius 2 is 1.48 bits per heavy atom. The van der Waals surface area contributed by atoms with Crippen LogP contribution in [0.1, 0.15) is 34.2 Å². The number of carbonyl (C=O) groups excluding carboxylic acids is 1. The Labute approximate surface area is 180 Å². The molecular formula is C25H23N3O3. The number of nitro benzene ring substituents is 1. The van der Waals surface area contributed by atoms with Gasteiger partial charge in [0.2, 0.25) is 5.91 Å². The highest BCUT2D eigenvalue weighted by atomic mass is 16.6. The monoisotopic (exact) mass is 413 g/mol. The lowest BCUT2D eigenvalue weighted by molar-refractivity contribution is -0.384. The fraction of sp³-hybridized carbons (Fsp3) is 0.200. The second-order valence-electron chi connectivity index (χ2n) is 8.04. The molecule has 0 aromatic heterocycles. The lowest BCUT2D eigenvalue weighted by Crippen LogP contribution is -2.25. The number of amides is 1. The van der Waals surface area contributed by atoms with E-state index in [-0.39, 0.29) is 22.9 Å². The molecule has 1 N–H and O–H groups in total. The second-order valence-corrected chi connectivity index (χ2v) is 8.04. The molecule has 3 aromatic rings. The number of rotatable bonds is 6. The molecule has 3 aromatic carbocycles. The summed E-state index contributed by atoms with van der Waals surface area (Å²) in [7, 11) is 0. The van der Waals surface area contributed by atoms with Crippen LogP contribution in [0.4, 0.5) is 5.69 Å². The molecule has 6 nitrogen and oxygen atoms in total. The van der Waals surface area contributed by atoms with Gasteiger partial charge in [0, 0.05) is 17.5 Å². The van der Waals surface area contributed by atoms with Crippen LogP contribution < -0.4 is 5.43 Å². The summed E-state index contributed by atoms with van der Waals surface area (Å²) in [6.45, 7) is 4.10. The van der Waals surface area contributed by atoms with E-state index >= 15 is 0 Å². The van der Waals surface area contributed by atoms with E-state index in [2.05, 4.69) is 59.1 Å². The molecule has 0 bridgehead atoms. The van der Waals surface area contributed by atoms with Gasteiger partial charge < -0.3 is 0 Å². The zero-order valence-electron chi connectivity index (χ0n) is 17.4. The van der Waals surface area contributed by atoms with E-state index in [4.69, 9.17) is 0 Å². The summed E-state index contributed by atoms with van der Waals surface area (Å²) in [5.74, 6) is -0.355. The van der Waals surface area contributed by atoms with Gasteiger partial charge in [0.25, 0.3) is 5.69 Å². The number of carbonyl (C=O) groups is 1. The summed E-state index contributed by atoms with van der Waals surface area (Å²) < 4.78 is 0. The summed E-state index contributed by atoms with van der Waals surface area (Å²) >= 11 is 0. The maximum Gasteiger partial charge on any atom is 0.269 e. The molecule has 0 spiro atoms. The summed E-state index contributed by atoms with van der Waals surface area (Å²) in [4.78, 5) is 23.2. The largest absolute Gasteiger partial charge is 0.273 e. The van der Waals surface area contributed by atoms with Crippen molar-refractivity contribution in [3.8, 4) is 0 Å². The fourth-order valence-corrected chi connectivity index (χ4v) is 4.02. The average molecular weight is 413 g/mol. The number of hydrogen-bond donors (Lipinski definition) is 1. The number of aryl methyl sites for hydroxylation is 2. The predicted octanol–water partition coefficient (Wildman–Crippen LogP) is 4.67. The van der Waals surface area contributed by atoms with Gasteiger partial charge in [-0.05, 0) is 49.1 Å².